The number of rotatable bonds is 4. The molecule has 2 aromatic rings. The van der Waals surface area contributed by atoms with Crippen LogP contribution in [0, 0.1) is 0 Å². The van der Waals surface area contributed by atoms with Crippen molar-refractivity contribution in [2.24, 2.45) is 5.84 Å². The Kier molecular flexibility index (Phi) is 3.58. The van der Waals surface area contributed by atoms with Crippen LogP contribution in [0.2, 0.25) is 0 Å². The lowest BCUT2D eigenvalue weighted by Gasteiger charge is -2.17. The Hall–Kier alpha value is -2.26. The zero-order valence-electron chi connectivity index (χ0n) is 10.1. The second-order valence-electron chi connectivity index (χ2n) is 3.55. The molecular weight excluding hydrogens is 268 g/mol. The van der Waals surface area contributed by atoms with Crippen molar-refractivity contribution in [1.82, 2.24) is 15.0 Å². The molecule has 0 aliphatic heterocycles. The van der Waals surface area contributed by atoms with Crippen molar-refractivity contribution in [3.63, 3.8) is 0 Å². The molecule has 100 valence electrons. The van der Waals surface area contributed by atoms with E-state index in [1.165, 1.54) is 25.6 Å². The molecule has 0 unspecified atom stereocenters. The van der Waals surface area contributed by atoms with Gasteiger partial charge in [0.15, 0.2) is 0 Å². The van der Waals surface area contributed by atoms with Crippen LogP contribution in [0.5, 0.6) is 0 Å². The van der Waals surface area contributed by atoms with E-state index in [1.54, 1.807) is 18.2 Å². The van der Waals surface area contributed by atoms with E-state index in [2.05, 4.69) is 20.4 Å². The zero-order valence-corrected chi connectivity index (χ0v) is 10.9. The number of hydrogen-bond donors (Lipinski definition) is 2. The first-order valence-electron chi connectivity index (χ1n) is 5.24. The minimum absolute atomic E-state index is 0.0420. The van der Waals surface area contributed by atoms with Crippen molar-refractivity contribution in [3.8, 4) is 0 Å². The molecule has 0 atom stereocenters. The van der Waals surface area contributed by atoms with E-state index in [-0.39, 0.29) is 10.8 Å². The third kappa shape index (κ3) is 2.61. The summed E-state index contributed by atoms with van der Waals surface area (Å²) in [6.07, 6.45) is 3.87. The van der Waals surface area contributed by atoms with Crippen LogP contribution in [0.1, 0.15) is 0 Å². The lowest BCUT2D eigenvalue weighted by atomic mass is 10.5. The molecule has 0 aliphatic rings. The van der Waals surface area contributed by atoms with Gasteiger partial charge in [0, 0.05) is 13.2 Å². The summed E-state index contributed by atoms with van der Waals surface area (Å²) >= 11 is 0. The van der Waals surface area contributed by atoms with Crippen molar-refractivity contribution in [1.29, 1.82) is 0 Å². The number of nitrogen functional groups attached to an aromatic ring is 1. The summed E-state index contributed by atoms with van der Waals surface area (Å²) in [6, 6.07) is 5.00. The van der Waals surface area contributed by atoms with Crippen molar-refractivity contribution < 1.29 is 8.42 Å². The summed E-state index contributed by atoms with van der Waals surface area (Å²) in [5, 5.41) is 0. The standard InChI is InChI=1S/C10H12N6O2S/c1-16(9-4-2-3-5-12-9)19(17,18)8-6-13-10(15-11)14-7-8/h2-7H,11H2,1H3,(H,13,14,15). The van der Waals surface area contributed by atoms with Gasteiger partial charge in [-0.2, -0.15) is 0 Å². The first kappa shape index (κ1) is 13.2. The Balaban J connectivity index is 2.36. The van der Waals surface area contributed by atoms with Crippen LogP contribution in [0.3, 0.4) is 0 Å². The minimum atomic E-state index is -3.74. The van der Waals surface area contributed by atoms with Gasteiger partial charge in [0.2, 0.25) is 5.95 Å². The summed E-state index contributed by atoms with van der Waals surface area (Å²) in [5.41, 5.74) is 2.22. The summed E-state index contributed by atoms with van der Waals surface area (Å²) < 4.78 is 25.6. The van der Waals surface area contributed by atoms with Gasteiger partial charge >= 0.3 is 0 Å². The van der Waals surface area contributed by atoms with Crippen molar-refractivity contribution in [3.05, 3.63) is 36.8 Å². The second-order valence-corrected chi connectivity index (χ2v) is 5.52. The Morgan fingerprint density at radius 3 is 2.42 bits per heavy atom. The third-order valence-corrected chi connectivity index (χ3v) is 4.10. The molecule has 0 amide bonds. The number of nitrogens with zero attached hydrogens (tertiary/aromatic N) is 4. The lowest BCUT2D eigenvalue weighted by Crippen LogP contribution is -2.27. The molecular formula is C10H12N6O2S. The number of pyridine rings is 1. The molecule has 2 heterocycles. The van der Waals surface area contributed by atoms with Crippen molar-refractivity contribution >= 4 is 21.8 Å². The van der Waals surface area contributed by atoms with E-state index in [9.17, 15) is 8.42 Å². The number of aromatic nitrogens is 3. The first-order valence-corrected chi connectivity index (χ1v) is 6.68. The van der Waals surface area contributed by atoms with E-state index in [0.29, 0.717) is 5.82 Å². The van der Waals surface area contributed by atoms with Crippen LogP contribution in [0.4, 0.5) is 11.8 Å². The Labute approximate surface area is 110 Å². The highest BCUT2D eigenvalue weighted by Gasteiger charge is 2.22. The van der Waals surface area contributed by atoms with Gasteiger partial charge in [0.05, 0.1) is 12.4 Å². The fourth-order valence-electron chi connectivity index (χ4n) is 1.35. The van der Waals surface area contributed by atoms with Gasteiger partial charge in [-0.05, 0) is 12.1 Å². The summed E-state index contributed by atoms with van der Waals surface area (Å²) in [4.78, 5) is 11.5. The predicted molar refractivity (Wildman–Crippen MR) is 69.7 cm³/mol. The van der Waals surface area contributed by atoms with E-state index < -0.39 is 10.0 Å². The second kappa shape index (κ2) is 5.16. The molecule has 0 fully saturated rings. The topological polar surface area (TPSA) is 114 Å². The van der Waals surface area contributed by atoms with Crippen molar-refractivity contribution in [2.45, 2.75) is 4.90 Å². The van der Waals surface area contributed by atoms with Crippen LogP contribution in [0.25, 0.3) is 0 Å². The van der Waals surface area contributed by atoms with Gasteiger partial charge in [-0.3, -0.25) is 9.73 Å². The SMILES string of the molecule is CN(c1ccccn1)S(=O)(=O)c1cnc(NN)nc1. The van der Waals surface area contributed by atoms with Gasteiger partial charge in [0.1, 0.15) is 10.7 Å². The summed E-state index contributed by atoms with van der Waals surface area (Å²) in [6.45, 7) is 0. The molecule has 0 aliphatic carbocycles. The number of hydrazine groups is 1. The lowest BCUT2D eigenvalue weighted by molar-refractivity contribution is 0.593. The maximum absolute atomic E-state index is 12.3. The maximum Gasteiger partial charge on any atom is 0.268 e. The molecule has 0 spiro atoms. The quantitative estimate of drug-likeness (QED) is 0.597. The highest BCUT2D eigenvalue weighted by atomic mass is 32.2. The number of nitrogens with one attached hydrogen (secondary N) is 1. The Bertz CT molecular complexity index is 643. The summed E-state index contributed by atoms with van der Waals surface area (Å²) in [7, 11) is -2.33. The summed E-state index contributed by atoms with van der Waals surface area (Å²) in [5.74, 6) is 5.56. The molecule has 0 bridgehead atoms. The molecule has 0 saturated heterocycles. The molecule has 0 radical (unpaired) electrons. The zero-order chi connectivity index (χ0) is 13.9. The van der Waals surface area contributed by atoms with Gasteiger partial charge in [-0.25, -0.2) is 29.2 Å². The minimum Gasteiger partial charge on any atom is -0.292 e. The van der Waals surface area contributed by atoms with Crippen LogP contribution in [0.15, 0.2) is 41.7 Å². The van der Waals surface area contributed by atoms with E-state index in [1.807, 2.05) is 0 Å². The van der Waals surface area contributed by atoms with Crippen LogP contribution in [-0.4, -0.2) is 30.4 Å². The molecule has 2 aromatic heterocycles. The van der Waals surface area contributed by atoms with Crippen LogP contribution >= 0.6 is 0 Å². The highest BCUT2D eigenvalue weighted by molar-refractivity contribution is 7.92. The third-order valence-electron chi connectivity index (χ3n) is 2.39. The van der Waals surface area contributed by atoms with E-state index in [4.69, 9.17) is 5.84 Å². The Morgan fingerprint density at radius 1 is 1.21 bits per heavy atom. The molecule has 9 heteroatoms. The average molecular weight is 280 g/mol. The van der Waals surface area contributed by atoms with Crippen LogP contribution < -0.4 is 15.6 Å². The van der Waals surface area contributed by atoms with Gasteiger partial charge in [0.25, 0.3) is 10.0 Å². The predicted octanol–water partition coefficient (Wildman–Crippen LogP) is -0.0177. The monoisotopic (exact) mass is 280 g/mol. The van der Waals surface area contributed by atoms with Crippen LogP contribution in [-0.2, 0) is 10.0 Å². The first-order chi connectivity index (χ1) is 9.05. The number of anilines is 2. The van der Waals surface area contributed by atoms with E-state index >= 15 is 0 Å². The number of hydrogen-bond acceptors (Lipinski definition) is 7. The molecule has 3 N–H and O–H groups in total. The van der Waals surface area contributed by atoms with Gasteiger partial charge in [-0.15, -0.1) is 0 Å². The largest absolute Gasteiger partial charge is 0.292 e. The van der Waals surface area contributed by atoms with E-state index in [0.717, 1.165) is 4.31 Å². The molecule has 0 saturated carbocycles. The van der Waals surface area contributed by atoms with Crippen molar-refractivity contribution in [2.75, 3.05) is 16.8 Å². The number of sulfonamides is 1. The fourth-order valence-corrected chi connectivity index (χ4v) is 2.39. The molecule has 0 aromatic carbocycles. The number of nitrogens with two attached hydrogens (primary N) is 1. The Morgan fingerprint density at radius 2 is 1.89 bits per heavy atom. The molecule has 8 nitrogen and oxygen atoms in total. The molecule has 2 rings (SSSR count). The highest BCUT2D eigenvalue weighted by Crippen LogP contribution is 2.18. The maximum atomic E-state index is 12.3. The normalized spacial score (nSPS) is 11.1. The van der Waals surface area contributed by atoms with Gasteiger partial charge < -0.3 is 0 Å². The fraction of sp³-hybridized carbons (Fsp3) is 0.100. The van der Waals surface area contributed by atoms with Gasteiger partial charge in [-0.1, -0.05) is 6.07 Å². The molecule has 19 heavy (non-hydrogen) atoms. The average Bonchev–Trinajstić information content (AvgIpc) is 2.47. The smallest absolute Gasteiger partial charge is 0.268 e.